The summed E-state index contributed by atoms with van der Waals surface area (Å²) in [5.74, 6) is 0. The summed E-state index contributed by atoms with van der Waals surface area (Å²) in [4.78, 5) is 10.2. The monoisotopic (exact) mass is 116 g/mol. The average Bonchev–Trinajstić information content (AvgIpc) is 1.85. The molecule has 0 N–H and O–H groups in total. The SMILES string of the molecule is C[C@@H]1OC(=O)O[C@@H]1C. The highest BCUT2D eigenvalue weighted by molar-refractivity contribution is 5.62. The van der Waals surface area contributed by atoms with Crippen LogP contribution in [0.15, 0.2) is 0 Å². The summed E-state index contributed by atoms with van der Waals surface area (Å²) in [6.07, 6.45) is -0.713. The molecule has 0 unspecified atom stereocenters. The summed E-state index contributed by atoms with van der Waals surface area (Å²) in [7, 11) is 0. The molecule has 0 aromatic rings. The molecule has 0 aromatic carbocycles. The fourth-order valence-electron chi connectivity index (χ4n) is 0.523. The van der Waals surface area contributed by atoms with Gasteiger partial charge in [0, 0.05) is 0 Å². The quantitative estimate of drug-likeness (QED) is 0.441. The van der Waals surface area contributed by atoms with Crippen molar-refractivity contribution in [1.29, 1.82) is 0 Å². The van der Waals surface area contributed by atoms with E-state index in [1.807, 2.05) is 0 Å². The summed E-state index contributed by atoms with van der Waals surface area (Å²) >= 11 is 0. The van der Waals surface area contributed by atoms with Crippen molar-refractivity contribution in [3.63, 3.8) is 0 Å². The molecule has 1 fully saturated rings. The van der Waals surface area contributed by atoms with E-state index in [4.69, 9.17) is 0 Å². The fraction of sp³-hybridized carbons (Fsp3) is 0.800. The first-order chi connectivity index (χ1) is 3.70. The van der Waals surface area contributed by atoms with Crippen LogP contribution in [0.3, 0.4) is 0 Å². The zero-order chi connectivity index (χ0) is 6.15. The van der Waals surface area contributed by atoms with Gasteiger partial charge in [0.1, 0.15) is 12.2 Å². The highest BCUT2D eigenvalue weighted by Crippen LogP contribution is 2.12. The Morgan fingerprint density at radius 3 is 1.75 bits per heavy atom. The third kappa shape index (κ3) is 0.757. The van der Waals surface area contributed by atoms with Crippen molar-refractivity contribution in [2.45, 2.75) is 26.1 Å². The van der Waals surface area contributed by atoms with Crippen LogP contribution in [0.25, 0.3) is 0 Å². The van der Waals surface area contributed by atoms with Gasteiger partial charge in [0.05, 0.1) is 0 Å². The molecular formula is C5H8O3. The molecule has 8 heavy (non-hydrogen) atoms. The fourth-order valence-corrected chi connectivity index (χ4v) is 0.523. The van der Waals surface area contributed by atoms with Gasteiger partial charge >= 0.3 is 6.16 Å². The van der Waals surface area contributed by atoms with Gasteiger partial charge in [-0.2, -0.15) is 0 Å². The molecule has 0 aromatic heterocycles. The first kappa shape index (κ1) is 5.41. The maximum atomic E-state index is 10.2. The van der Waals surface area contributed by atoms with E-state index >= 15 is 0 Å². The first-order valence-corrected chi connectivity index (χ1v) is 2.57. The lowest BCUT2D eigenvalue weighted by Gasteiger charge is -2.00. The third-order valence-electron chi connectivity index (χ3n) is 1.23. The molecule has 2 atom stereocenters. The second-order valence-electron chi connectivity index (χ2n) is 1.90. The van der Waals surface area contributed by atoms with Crippen LogP contribution in [-0.2, 0) is 9.47 Å². The lowest BCUT2D eigenvalue weighted by atomic mass is 10.3. The standard InChI is InChI=1S/C5H8O3/c1-3-4(2)8-5(6)7-3/h3-4H,1-2H3/t3-,4+. The molecule has 0 amide bonds. The van der Waals surface area contributed by atoms with E-state index in [2.05, 4.69) is 9.47 Å². The van der Waals surface area contributed by atoms with Crippen LogP contribution < -0.4 is 0 Å². The second-order valence-corrected chi connectivity index (χ2v) is 1.90. The molecule has 3 nitrogen and oxygen atoms in total. The van der Waals surface area contributed by atoms with Gasteiger partial charge in [0.15, 0.2) is 0 Å². The van der Waals surface area contributed by atoms with Gasteiger partial charge < -0.3 is 9.47 Å². The Bertz CT molecular complexity index is 98.2. The number of carbonyl (C=O) groups is 1. The molecule has 0 spiro atoms. The van der Waals surface area contributed by atoms with Crippen LogP contribution in [-0.4, -0.2) is 18.4 Å². The van der Waals surface area contributed by atoms with Crippen molar-refractivity contribution >= 4 is 6.16 Å². The number of cyclic esters (lactones) is 2. The molecule has 3 heteroatoms. The molecular weight excluding hydrogens is 108 g/mol. The maximum Gasteiger partial charge on any atom is 0.509 e. The zero-order valence-electron chi connectivity index (χ0n) is 4.88. The Morgan fingerprint density at radius 2 is 1.62 bits per heavy atom. The minimum Gasteiger partial charge on any atom is -0.427 e. The predicted molar refractivity (Wildman–Crippen MR) is 26.5 cm³/mol. The van der Waals surface area contributed by atoms with Crippen LogP contribution in [0, 0.1) is 0 Å². The summed E-state index contributed by atoms with van der Waals surface area (Å²) in [6.45, 7) is 3.60. The number of hydrogen-bond donors (Lipinski definition) is 0. The van der Waals surface area contributed by atoms with Crippen molar-refractivity contribution in [3.05, 3.63) is 0 Å². The molecule has 1 heterocycles. The lowest BCUT2D eigenvalue weighted by Crippen LogP contribution is -2.13. The lowest BCUT2D eigenvalue weighted by molar-refractivity contribution is 0.118. The Hall–Kier alpha value is -0.730. The molecule has 0 radical (unpaired) electrons. The summed E-state index contributed by atoms with van der Waals surface area (Å²) in [6, 6.07) is 0. The zero-order valence-corrected chi connectivity index (χ0v) is 4.88. The number of carbonyl (C=O) groups excluding carboxylic acids is 1. The van der Waals surface area contributed by atoms with E-state index < -0.39 is 6.16 Å². The van der Waals surface area contributed by atoms with E-state index in [9.17, 15) is 4.79 Å². The van der Waals surface area contributed by atoms with Crippen LogP contribution in [0.2, 0.25) is 0 Å². The van der Waals surface area contributed by atoms with Crippen LogP contribution in [0.5, 0.6) is 0 Å². The molecule has 46 valence electrons. The Morgan fingerprint density at radius 1 is 1.25 bits per heavy atom. The predicted octanol–water partition coefficient (Wildman–Crippen LogP) is 0.930. The van der Waals surface area contributed by atoms with E-state index in [1.54, 1.807) is 13.8 Å². The molecule has 0 saturated carbocycles. The summed E-state index contributed by atoms with van der Waals surface area (Å²) in [5, 5.41) is 0. The van der Waals surface area contributed by atoms with E-state index in [-0.39, 0.29) is 12.2 Å². The Kier molecular flexibility index (Phi) is 1.12. The van der Waals surface area contributed by atoms with Crippen LogP contribution in [0.1, 0.15) is 13.8 Å². The highest BCUT2D eigenvalue weighted by atomic mass is 16.8. The van der Waals surface area contributed by atoms with Crippen LogP contribution in [0.4, 0.5) is 4.79 Å². The topological polar surface area (TPSA) is 35.5 Å². The molecule has 1 aliphatic rings. The normalized spacial score (nSPS) is 36.5. The average molecular weight is 116 g/mol. The van der Waals surface area contributed by atoms with E-state index in [0.29, 0.717) is 0 Å². The molecule has 0 bridgehead atoms. The van der Waals surface area contributed by atoms with Crippen molar-refractivity contribution in [2.75, 3.05) is 0 Å². The van der Waals surface area contributed by atoms with Gasteiger partial charge in [-0.25, -0.2) is 4.79 Å². The van der Waals surface area contributed by atoms with Gasteiger partial charge in [-0.3, -0.25) is 0 Å². The van der Waals surface area contributed by atoms with Crippen molar-refractivity contribution in [1.82, 2.24) is 0 Å². The van der Waals surface area contributed by atoms with Crippen LogP contribution >= 0.6 is 0 Å². The van der Waals surface area contributed by atoms with Gasteiger partial charge in [-0.05, 0) is 13.8 Å². The number of ether oxygens (including phenoxy) is 2. The van der Waals surface area contributed by atoms with Crippen molar-refractivity contribution in [3.8, 4) is 0 Å². The Balaban J connectivity index is 2.51. The Labute approximate surface area is 47.6 Å². The molecule has 1 rings (SSSR count). The first-order valence-electron chi connectivity index (χ1n) is 2.57. The number of hydrogen-bond acceptors (Lipinski definition) is 3. The molecule has 1 aliphatic heterocycles. The molecule has 1 saturated heterocycles. The van der Waals surface area contributed by atoms with Gasteiger partial charge in [0.2, 0.25) is 0 Å². The third-order valence-corrected chi connectivity index (χ3v) is 1.23. The summed E-state index contributed by atoms with van der Waals surface area (Å²) < 4.78 is 9.22. The van der Waals surface area contributed by atoms with Gasteiger partial charge in [-0.1, -0.05) is 0 Å². The molecule has 0 aliphatic carbocycles. The van der Waals surface area contributed by atoms with E-state index in [1.165, 1.54) is 0 Å². The van der Waals surface area contributed by atoms with E-state index in [0.717, 1.165) is 0 Å². The largest absolute Gasteiger partial charge is 0.509 e. The minimum atomic E-state index is -0.551. The van der Waals surface area contributed by atoms with Gasteiger partial charge in [-0.15, -0.1) is 0 Å². The van der Waals surface area contributed by atoms with Crippen molar-refractivity contribution in [2.24, 2.45) is 0 Å². The maximum absolute atomic E-state index is 10.2. The van der Waals surface area contributed by atoms with Crippen molar-refractivity contribution < 1.29 is 14.3 Å². The number of rotatable bonds is 0. The highest BCUT2D eigenvalue weighted by Gasteiger charge is 2.28. The van der Waals surface area contributed by atoms with Gasteiger partial charge in [0.25, 0.3) is 0 Å². The second kappa shape index (κ2) is 1.65. The minimum absolute atomic E-state index is 0.0810. The summed E-state index contributed by atoms with van der Waals surface area (Å²) in [5.41, 5.74) is 0. The smallest absolute Gasteiger partial charge is 0.427 e.